The Morgan fingerprint density at radius 3 is 2.58 bits per heavy atom. The maximum atomic E-state index is 6.19. The minimum Gasteiger partial charge on any atom is -0.306 e. The highest BCUT2D eigenvalue weighted by molar-refractivity contribution is 7.12. The molecular formula is C16H20ClNS. The zero-order chi connectivity index (χ0) is 13.8. The van der Waals surface area contributed by atoms with Crippen molar-refractivity contribution in [2.75, 3.05) is 6.54 Å². The Kier molecular flexibility index (Phi) is 5.03. The van der Waals surface area contributed by atoms with Gasteiger partial charge >= 0.3 is 0 Å². The van der Waals surface area contributed by atoms with E-state index in [1.54, 1.807) is 0 Å². The summed E-state index contributed by atoms with van der Waals surface area (Å²) in [5.41, 5.74) is 2.45. The maximum absolute atomic E-state index is 6.19. The molecule has 0 aliphatic heterocycles. The number of nitrogens with one attached hydrogen (secondary N) is 1. The summed E-state index contributed by atoms with van der Waals surface area (Å²) >= 11 is 8.07. The Morgan fingerprint density at radius 2 is 2.00 bits per heavy atom. The van der Waals surface area contributed by atoms with Crippen molar-refractivity contribution in [3.63, 3.8) is 0 Å². The molecule has 2 rings (SSSR count). The standard InChI is InChI=1S/C16H20ClNS/c1-4-14-6-7-15(19-14)16(18-5-2)12-8-11(3)9-13(17)10-12/h6-10,16,18H,4-5H2,1-3H3. The van der Waals surface area contributed by atoms with E-state index in [0.29, 0.717) is 0 Å². The quantitative estimate of drug-likeness (QED) is 0.820. The maximum Gasteiger partial charge on any atom is 0.0671 e. The number of halogens is 1. The van der Waals surface area contributed by atoms with Gasteiger partial charge in [0.2, 0.25) is 0 Å². The first kappa shape index (κ1) is 14.6. The topological polar surface area (TPSA) is 12.0 Å². The largest absolute Gasteiger partial charge is 0.306 e. The minimum atomic E-state index is 0.243. The lowest BCUT2D eigenvalue weighted by Gasteiger charge is -2.18. The molecule has 19 heavy (non-hydrogen) atoms. The van der Waals surface area contributed by atoms with E-state index >= 15 is 0 Å². The van der Waals surface area contributed by atoms with Crippen LogP contribution < -0.4 is 5.32 Å². The molecule has 0 saturated heterocycles. The first-order valence-electron chi connectivity index (χ1n) is 6.73. The Hall–Kier alpha value is -0.830. The van der Waals surface area contributed by atoms with Crippen LogP contribution in [0.4, 0.5) is 0 Å². The highest BCUT2D eigenvalue weighted by atomic mass is 35.5. The molecule has 0 amide bonds. The van der Waals surface area contributed by atoms with Crippen LogP contribution in [0.1, 0.15) is 40.8 Å². The number of aryl methyl sites for hydroxylation is 2. The van der Waals surface area contributed by atoms with E-state index in [1.165, 1.54) is 20.9 Å². The van der Waals surface area contributed by atoms with Gasteiger partial charge in [-0.1, -0.05) is 31.5 Å². The number of rotatable bonds is 5. The fourth-order valence-corrected chi connectivity index (χ4v) is 3.61. The monoisotopic (exact) mass is 293 g/mol. The smallest absolute Gasteiger partial charge is 0.0671 e. The van der Waals surface area contributed by atoms with Gasteiger partial charge < -0.3 is 5.32 Å². The third kappa shape index (κ3) is 3.59. The molecule has 0 aliphatic carbocycles. The fourth-order valence-electron chi connectivity index (χ4n) is 2.26. The second kappa shape index (κ2) is 6.56. The lowest BCUT2D eigenvalue weighted by atomic mass is 10.0. The Morgan fingerprint density at radius 1 is 1.21 bits per heavy atom. The summed E-state index contributed by atoms with van der Waals surface area (Å²) in [6.45, 7) is 7.36. The molecule has 0 aliphatic rings. The summed E-state index contributed by atoms with van der Waals surface area (Å²) < 4.78 is 0. The number of benzene rings is 1. The molecular weight excluding hydrogens is 274 g/mol. The van der Waals surface area contributed by atoms with Crippen molar-refractivity contribution >= 4 is 22.9 Å². The lowest BCUT2D eigenvalue weighted by Crippen LogP contribution is -2.21. The van der Waals surface area contributed by atoms with Crippen LogP contribution in [-0.2, 0) is 6.42 Å². The van der Waals surface area contributed by atoms with Gasteiger partial charge in [0, 0.05) is 14.8 Å². The molecule has 1 aromatic heterocycles. The summed E-state index contributed by atoms with van der Waals surface area (Å²) in [6, 6.07) is 11.0. The minimum absolute atomic E-state index is 0.243. The zero-order valence-corrected chi connectivity index (χ0v) is 13.2. The average molecular weight is 294 g/mol. The third-order valence-corrected chi connectivity index (χ3v) is 4.63. The second-order valence-corrected chi connectivity index (χ2v) is 6.35. The van der Waals surface area contributed by atoms with Gasteiger partial charge in [0.25, 0.3) is 0 Å². The van der Waals surface area contributed by atoms with Gasteiger partial charge in [-0.05, 0) is 55.3 Å². The van der Waals surface area contributed by atoms with Crippen molar-refractivity contribution in [2.24, 2.45) is 0 Å². The Balaban J connectivity index is 2.38. The fraction of sp³-hybridized carbons (Fsp3) is 0.375. The van der Waals surface area contributed by atoms with Crippen LogP contribution in [0.15, 0.2) is 30.3 Å². The normalized spacial score (nSPS) is 12.6. The van der Waals surface area contributed by atoms with Gasteiger partial charge in [-0.15, -0.1) is 11.3 Å². The molecule has 0 bridgehead atoms. The van der Waals surface area contributed by atoms with E-state index in [4.69, 9.17) is 11.6 Å². The first-order chi connectivity index (χ1) is 9.13. The van der Waals surface area contributed by atoms with Gasteiger partial charge in [0.05, 0.1) is 6.04 Å². The molecule has 0 spiro atoms. The molecule has 1 aromatic carbocycles. The molecule has 0 radical (unpaired) electrons. The summed E-state index contributed by atoms with van der Waals surface area (Å²) in [7, 11) is 0. The van der Waals surface area contributed by atoms with Crippen molar-refractivity contribution in [1.82, 2.24) is 5.32 Å². The molecule has 1 atom stereocenters. The summed E-state index contributed by atoms with van der Waals surface area (Å²) in [5, 5.41) is 4.37. The molecule has 1 N–H and O–H groups in total. The van der Waals surface area contributed by atoms with Crippen molar-refractivity contribution in [3.8, 4) is 0 Å². The number of thiophene rings is 1. The molecule has 102 valence electrons. The number of hydrogen-bond donors (Lipinski definition) is 1. The molecule has 1 nitrogen and oxygen atoms in total. The molecule has 1 unspecified atom stereocenters. The first-order valence-corrected chi connectivity index (χ1v) is 7.92. The second-order valence-electron chi connectivity index (χ2n) is 4.71. The summed E-state index contributed by atoms with van der Waals surface area (Å²) in [4.78, 5) is 2.79. The van der Waals surface area contributed by atoms with Crippen LogP contribution in [0, 0.1) is 6.92 Å². The summed E-state index contributed by atoms with van der Waals surface area (Å²) in [6.07, 6.45) is 1.10. The van der Waals surface area contributed by atoms with Crippen molar-refractivity contribution in [1.29, 1.82) is 0 Å². The average Bonchev–Trinajstić information content (AvgIpc) is 2.83. The van der Waals surface area contributed by atoms with Crippen LogP contribution in [0.5, 0.6) is 0 Å². The predicted molar refractivity (Wildman–Crippen MR) is 85.4 cm³/mol. The third-order valence-electron chi connectivity index (χ3n) is 3.12. The van der Waals surface area contributed by atoms with Crippen LogP contribution in [-0.4, -0.2) is 6.54 Å². The molecule has 1 heterocycles. The Bertz CT molecular complexity index is 527. The number of hydrogen-bond acceptors (Lipinski definition) is 2. The van der Waals surface area contributed by atoms with Crippen LogP contribution in [0.2, 0.25) is 5.02 Å². The predicted octanol–water partition coefficient (Wildman–Crippen LogP) is 4.97. The van der Waals surface area contributed by atoms with Gasteiger partial charge in [0.15, 0.2) is 0 Å². The highest BCUT2D eigenvalue weighted by Crippen LogP contribution is 2.30. The molecule has 2 aromatic rings. The van der Waals surface area contributed by atoms with Gasteiger partial charge in [-0.25, -0.2) is 0 Å². The van der Waals surface area contributed by atoms with Crippen molar-refractivity contribution < 1.29 is 0 Å². The molecule has 3 heteroatoms. The van der Waals surface area contributed by atoms with E-state index in [2.05, 4.69) is 50.4 Å². The van der Waals surface area contributed by atoms with E-state index in [1.807, 2.05) is 17.4 Å². The summed E-state index contributed by atoms with van der Waals surface area (Å²) in [5.74, 6) is 0. The zero-order valence-electron chi connectivity index (χ0n) is 11.7. The van der Waals surface area contributed by atoms with E-state index in [9.17, 15) is 0 Å². The van der Waals surface area contributed by atoms with E-state index in [-0.39, 0.29) is 6.04 Å². The van der Waals surface area contributed by atoms with Crippen molar-refractivity contribution in [3.05, 3.63) is 56.2 Å². The van der Waals surface area contributed by atoms with Gasteiger partial charge in [-0.3, -0.25) is 0 Å². The van der Waals surface area contributed by atoms with Gasteiger partial charge in [0.1, 0.15) is 0 Å². The molecule has 0 fully saturated rings. The van der Waals surface area contributed by atoms with Gasteiger partial charge in [-0.2, -0.15) is 0 Å². The van der Waals surface area contributed by atoms with Crippen LogP contribution in [0.3, 0.4) is 0 Å². The highest BCUT2D eigenvalue weighted by Gasteiger charge is 2.15. The van der Waals surface area contributed by atoms with E-state index in [0.717, 1.165) is 18.0 Å². The van der Waals surface area contributed by atoms with Crippen LogP contribution >= 0.6 is 22.9 Å². The molecule has 0 saturated carbocycles. The van der Waals surface area contributed by atoms with Crippen LogP contribution in [0.25, 0.3) is 0 Å². The van der Waals surface area contributed by atoms with E-state index < -0.39 is 0 Å². The van der Waals surface area contributed by atoms with Crippen molar-refractivity contribution in [2.45, 2.75) is 33.2 Å². The lowest BCUT2D eigenvalue weighted by molar-refractivity contribution is 0.639. The Labute approximate surface area is 124 Å². The SMILES string of the molecule is CCNC(c1cc(C)cc(Cl)c1)c1ccc(CC)s1.